The second kappa shape index (κ2) is 5.85. The summed E-state index contributed by atoms with van der Waals surface area (Å²) in [4.78, 5) is 27.3. The zero-order valence-corrected chi connectivity index (χ0v) is 12.3. The van der Waals surface area contributed by atoms with Gasteiger partial charge in [-0.2, -0.15) is 0 Å². The Bertz CT molecular complexity index is 550. The number of anilines is 1. The molecule has 5 heteroatoms. The van der Waals surface area contributed by atoms with E-state index in [1.54, 1.807) is 4.90 Å². The number of piperazine rings is 1. The van der Waals surface area contributed by atoms with E-state index in [4.69, 9.17) is 0 Å². The Balaban J connectivity index is 1.68. The molecule has 1 aromatic carbocycles. The molecule has 1 atom stereocenters. The van der Waals surface area contributed by atoms with Crippen LogP contribution in [0.15, 0.2) is 18.2 Å². The van der Waals surface area contributed by atoms with Gasteiger partial charge >= 0.3 is 0 Å². The van der Waals surface area contributed by atoms with Crippen molar-refractivity contribution >= 4 is 17.9 Å². The maximum atomic E-state index is 12.6. The monoisotopic (exact) mass is 287 g/mol. The molecule has 1 fully saturated rings. The van der Waals surface area contributed by atoms with Crippen molar-refractivity contribution in [2.75, 3.05) is 38.0 Å². The van der Waals surface area contributed by atoms with Gasteiger partial charge in [0.15, 0.2) is 5.78 Å². The van der Waals surface area contributed by atoms with E-state index in [9.17, 15) is 9.59 Å². The van der Waals surface area contributed by atoms with E-state index in [0.717, 1.165) is 43.7 Å². The van der Waals surface area contributed by atoms with Gasteiger partial charge in [0.1, 0.15) is 0 Å². The lowest BCUT2D eigenvalue weighted by molar-refractivity contribution is -0.119. The lowest BCUT2D eigenvalue weighted by atomic mass is 10.0. The fraction of sp³-hybridized carbons (Fsp3) is 0.500. The molecule has 0 unspecified atom stereocenters. The quantitative estimate of drug-likeness (QED) is 0.663. The van der Waals surface area contributed by atoms with Gasteiger partial charge in [0.2, 0.25) is 6.41 Å². The minimum atomic E-state index is -0.133. The maximum Gasteiger partial charge on any atom is 0.209 e. The molecule has 2 heterocycles. The van der Waals surface area contributed by atoms with Crippen molar-refractivity contribution in [1.82, 2.24) is 9.80 Å². The van der Waals surface area contributed by atoms with E-state index >= 15 is 0 Å². The van der Waals surface area contributed by atoms with E-state index in [1.807, 2.05) is 25.1 Å². The van der Waals surface area contributed by atoms with Gasteiger partial charge in [-0.15, -0.1) is 0 Å². The Labute approximate surface area is 124 Å². The molecule has 1 N–H and O–H groups in total. The number of nitrogens with one attached hydrogen (secondary N) is 1. The van der Waals surface area contributed by atoms with Crippen molar-refractivity contribution < 1.29 is 9.59 Å². The van der Waals surface area contributed by atoms with Crippen LogP contribution < -0.4 is 5.32 Å². The Hall–Kier alpha value is -1.88. The summed E-state index contributed by atoms with van der Waals surface area (Å²) in [7, 11) is 0. The molecular formula is C16H21N3O2. The normalized spacial score (nSPS) is 19.8. The number of amides is 1. The van der Waals surface area contributed by atoms with Crippen molar-refractivity contribution in [2.24, 2.45) is 0 Å². The van der Waals surface area contributed by atoms with Crippen molar-refractivity contribution in [3.8, 4) is 0 Å². The van der Waals surface area contributed by atoms with Gasteiger partial charge < -0.3 is 10.2 Å². The molecule has 3 rings (SSSR count). The SMILES string of the molecule is C[C@@H](C(=O)c1ccc2c(c1)CCN2)N1CCN(C=O)CC1. The first kappa shape index (κ1) is 14.1. The molecule has 5 nitrogen and oxygen atoms in total. The highest BCUT2D eigenvalue weighted by atomic mass is 16.1. The second-order valence-electron chi connectivity index (χ2n) is 5.77. The molecule has 0 saturated carbocycles. The average Bonchev–Trinajstić information content (AvgIpc) is 3.01. The summed E-state index contributed by atoms with van der Waals surface area (Å²) in [6, 6.07) is 5.81. The first-order valence-corrected chi connectivity index (χ1v) is 7.53. The van der Waals surface area contributed by atoms with Gasteiger partial charge in [-0.1, -0.05) is 0 Å². The summed E-state index contributed by atoms with van der Waals surface area (Å²) in [5.41, 5.74) is 3.18. The number of Topliss-reactive ketones (excluding diaryl/α,β-unsaturated/α-hetero) is 1. The van der Waals surface area contributed by atoms with Gasteiger partial charge in [-0.25, -0.2) is 0 Å². The average molecular weight is 287 g/mol. The number of fused-ring (bicyclic) bond motifs is 1. The first-order chi connectivity index (χ1) is 10.2. The summed E-state index contributed by atoms with van der Waals surface area (Å²) < 4.78 is 0. The highest BCUT2D eigenvalue weighted by Crippen LogP contribution is 2.24. The highest BCUT2D eigenvalue weighted by Gasteiger charge is 2.26. The summed E-state index contributed by atoms with van der Waals surface area (Å²) in [5, 5.41) is 3.31. The van der Waals surface area contributed by atoms with Crippen LogP contribution in [0.2, 0.25) is 0 Å². The molecule has 1 amide bonds. The molecule has 0 aromatic heterocycles. The number of nitrogens with zero attached hydrogens (tertiary/aromatic N) is 2. The smallest absolute Gasteiger partial charge is 0.209 e. The van der Waals surface area contributed by atoms with Crippen LogP contribution in [0.5, 0.6) is 0 Å². The zero-order valence-electron chi connectivity index (χ0n) is 12.3. The number of carbonyl (C=O) groups excluding carboxylic acids is 2. The largest absolute Gasteiger partial charge is 0.384 e. The summed E-state index contributed by atoms with van der Waals surface area (Å²) in [6.07, 6.45) is 1.88. The number of rotatable bonds is 4. The van der Waals surface area contributed by atoms with Crippen LogP contribution in [-0.4, -0.2) is 60.8 Å². The maximum absolute atomic E-state index is 12.6. The van der Waals surface area contributed by atoms with Gasteiger partial charge in [0.05, 0.1) is 6.04 Å². The van der Waals surface area contributed by atoms with E-state index < -0.39 is 0 Å². The molecule has 112 valence electrons. The van der Waals surface area contributed by atoms with Gasteiger partial charge in [0.25, 0.3) is 0 Å². The van der Waals surface area contributed by atoms with Crippen LogP contribution in [-0.2, 0) is 11.2 Å². The molecule has 1 aromatic rings. The predicted molar refractivity (Wildman–Crippen MR) is 81.6 cm³/mol. The number of carbonyl (C=O) groups is 2. The minimum Gasteiger partial charge on any atom is -0.384 e. The van der Waals surface area contributed by atoms with Gasteiger partial charge in [-0.3, -0.25) is 14.5 Å². The van der Waals surface area contributed by atoms with Crippen molar-refractivity contribution in [3.05, 3.63) is 29.3 Å². The third-order valence-corrected chi connectivity index (χ3v) is 4.52. The topological polar surface area (TPSA) is 52.7 Å². The van der Waals surface area contributed by atoms with Crippen molar-refractivity contribution in [2.45, 2.75) is 19.4 Å². The van der Waals surface area contributed by atoms with Crippen LogP contribution in [0, 0.1) is 0 Å². The van der Waals surface area contributed by atoms with Crippen molar-refractivity contribution in [1.29, 1.82) is 0 Å². The van der Waals surface area contributed by atoms with E-state index in [1.165, 1.54) is 5.56 Å². The lowest BCUT2D eigenvalue weighted by Crippen LogP contribution is -2.51. The summed E-state index contributed by atoms with van der Waals surface area (Å²) >= 11 is 0. The van der Waals surface area contributed by atoms with E-state index in [0.29, 0.717) is 13.1 Å². The minimum absolute atomic E-state index is 0.133. The Morgan fingerprint density at radius 2 is 2.05 bits per heavy atom. The Morgan fingerprint density at radius 1 is 1.29 bits per heavy atom. The molecule has 0 radical (unpaired) electrons. The second-order valence-corrected chi connectivity index (χ2v) is 5.77. The predicted octanol–water partition coefficient (Wildman–Crippen LogP) is 1.000. The zero-order chi connectivity index (χ0) is 14.8. The molecule has 0 aliphatic carbocycles. The fourth-order valence-corrected chi connectivity index (χ4v) is 3.10. The summed E-state index contributed by atoms with van der Waals surface area (Å²) in [5.74, 6) is 0.171. The number of hydrogen-bond donors (Lipinski definition) is 1. The molecule has 0 bridgehead atoms. The van der Waals surface area contributed by atoms with Gasteiger partial charge in [-0.05, 0) is 37.1 Å². The van der Waals surface area contributed by atoms with Crippen LogP contribution >= 0.6 is 0 Å². The van der Waals surface area contributed by atoms with Crippen LogP contribution in [0.4, 0.5) is 5.69 Å². The Kier molecular flexibility index (Phi) is 3.92. The first-order valence-electron chi connectivity index (χ1n) is 7.53. The molecule has 1 saturated heterocycles. The molecule has 0 spiro atoms. The van der Waals surface area contributed by atoms with Crippen LogP contribution in [0.25, 0.3) is 0 Å². The van der Waals surface area contributed by atoms with Gasteiger partial charge in [0, 0.05) is 44.0 Å². The standard InChI is InChI=1S/C16H21N3O2/c1-12(19-8-6-18(11-20)7-9-19)16(21)14-2-3-15-13(10-14)4-5-17-15/h2-3,10-12,17H,4-9H2,1H3/t12-/m0/s1. The van der Waals surface area contributed by atoms with Crippen LogP contribution in [0.3, 0.4) is 0 Å². The van der Waals surface area contributed by atoms with Crippen LogP contribution in [0.1, 0.15) is 22.8 Å². The van der Waals surface area contributed by atoms with Crippen molar-refractivity contribution in [3.63, 3.8) is 0 Å². The Morgan fingerprint density at radius 3 is 2.76 bits per heavy atom. The molecule has 21 heavy (non-hydrogen) atoms. The third kappa shape index (κ3) is 2.78. The van der Waals surface area contributed by atoms with E-state index in [2.05, 4.69) is 10.2 Å². The number of benzene rings is 1. The number of ketones is 1. The lowest BCUT2D eigenvalue weighted by Gasteiger charge is -2.35. The summed E-state index contributed by atoms with van der Waals surface area (Å²) in [6.45, 7) is 5.85. The molecule has 2 aliphatic heterocycles. The van der Waals surface area contributed by atoms with E-state index in [-0.39, 0.29) is 11.8 Å². The third-order valence-electron chi connectivity index (χ3n) is 4.52. The molecule has 2 aliphatic rings. The molecular weight excluding hydrogens is 266 g/mol. The fourth-order valence-electron chi connectivity index (χ4n) is 3.10. The number of hydrogen-bond acceptors (Lipinski definition) is 4. The highest BCUT2D eigenvalue weighted by molar-refractivity contribution is 6.00.